The average Bonchev–Trinajstić information content (AvgIpc) is 3.09. The van der Waals surface area contributed by atoms with Gasteiger partial charge in [0.15, 0.2) is 0 Å². The van der Waals surface area contributed by atoms with Crippen LogP contribution >= 0.6 is 0 Å². The number of hydrogen-bond acceptors (Lipinski definition) is 5. The Morgan fingerprint density at radius 2 is 1.79 bits per heavy atom. The van der Waals surface area contributed by atoms with Crippen LogP contribution in [-0.4, -0.2) is 44.8 Å². The van der Waals surface area contributed by atoms with E-state index in [-0.39, 0.29) is 22.3 Å². The Hall–Kier alpha value is -1.48. The maximum atomic E-state index is 12.8. The van der Waals surface area contributed by atoms with E-state index in [9.17, 15) is 13.2 Å². The molecular weight excluding hydrogens is 388 g/mol. The van der Waals surface area contributed by atoms with E-state index < -0.39 is 10.0 Å². The molecule has 4 atom stereocenters. The van der Waals surface area contributed by atoms with E-state index in [0.29, 0.717) is 24.4 Å². The zero-order valence-electron chi connectivity index (χ0n) is 18.0. The predicted molar refractivity (Wildman–Crippen MR) is 113 cm³/mol. The number of carbonyl (C=O) groups excluding carboxylic acids is 1. The maximum absolute atomic E-state index is 12.8. The Kier molecular flexibility index (Phi) is 6.38. The third kappa shape index (κ3) is 4.82. The molecule has 2 fully saturated rings. The molecule has 1 saturated heterocycles. The number of rotatable bonds is 5. The van der Waals surface area contributed by atoms with Gasteiger partial charge in [-0.05, 0) is 48.3 Å². The van der Waals surface area contributed by atoms with Gasteiger partial charge in [0.25, 0.3) is 0 Å². The molecule has 1 aliphatic heterocycles. The van der Waals surface area contributed by atoms with E-state index in [4.69, 9.17) is 0 Å². The van der Waals surface area contributed by atoms with Gasteiger partial charge in [-0.15, -0.1) is 0 Å². The lowest BCUT2D eigenvalue weighted by atomic mass is 9.66. The summed E-state index contributed by atoms with van der Waals surface area (Å²) in [5.41, 5.74) is 7.64. The number of hydrazine groups is 1. The van der Waals surface area contributed by atoms with Crippen molar-refractivity contribution < 1.29 is 13.2 Å². The molecule has 1 amide bonds. The smallest absolute Gasteiger partial charge is 0.242 e. The first-order valence-corrected chi connectivity index (χ1v) is 11.7. The minimum absolute atomic E-state index is 0.00968. The number of benzene rings is 1. The van der Waals surface area contributed by atoms with Crippen molar-refractivity contribution in [3.05, 3.63) is 29.8 Å². The van der Waals surface area contributed by atoms with Crippen molar-refractivity contribution in [3.63, 3.8) is 0 Å². The topological polar surface area (TPSA) is 90.5 Å². The molecule has 0 bridgehead atoms. The summed E-state index contributed by atoms with van der Waals surface area (Å²) in [7, 11) is -0.423. The first-order valence-electron chi connectivity index (χ1n) is 10.3. The van der Waals surface area contributed by atoms with E-state index in [1.54, 1.807) is 24.3 Å². The molecule has 1 aliphatic carbocycles. The van der Waals surface area contributed by atoms with Gasteiger partial charge >= 0.3 is 0 Å². The van der Waals surface area contributed by atoms with Crippen LogP contribution in [0.25, 0.3) is 0 Å². The van der Waals surface area contributed by atoms with Gasteiger partial charge in [0.05, 0.1) is 4.90 Å². The van der Waals surface area contributed by atoms with Crippen molar-refractivity contribution in [1.82, 2.24) is 20.5 Å². The Bertz CT molecular complexity index is 830. The van der Waals surface area contributed by atoms with Gasteiger partial charge in [-0.1, -0.05) is 32.9 Å². The van der Waals surface area contributed by atoms with Crippen LogP contribution in [0.2, 0.25) is 0 Å². The summed E-state index contributed by atoms with van der Waals surface area (Å²) in [6.45, 7) is 7.22. The second-order valence-corrected chi connectivity index (χ2v) is 11.7. The van der Waals surface area contributed by atoms with Crippen LogP contribution in [0.1, 0.15) is 45.6 Å². The van der Waals surface area contributed by atoms with Crippen LogP contribution in [0.3, 0.4) is 0 Å². The third-order valence-corrected chi connectivity index (χ3v) is 8.26. The van der Waals surface area contributed by atoms with Crippen LogP contribution in [0, 0.1) is 17.3 Å². The molecule has 3 N–H and O–H groups in total. The summed E-state index contributed by atoms with van der Waals surface area (Å²) in [6.07, 6.45) is 3.32. The van der Waals surface area contributed by atoms with Gasteiger partial charge in [0.1, 0.15) is 6.04 Å². The molecule has 0 radical (unpaired) electrons. The maximum Gasteiger partial charge on any atom is 0.242 e. The molecule has 0 aromatic heterocycles. The fourth-order valence-electron chi connectivity index (χ4n) is 4.39. The monoisotopic (exact) mass is 422 g/mol. The van der Waals surface area contributed by atoms with Crippen LogP contribution < -0.4 is 16.2 Å². The molecule has 4 unspecified atom stereocenters. The van der Waals surface area contributed by atoms with E-state index >= 15 is 0 Å². The van der Waals surface area contributed by atoms with Gasteiger partial charge in [0.2, 0.25) is 15.9 Å². The molecule has 29 heavy (non-hydrogen) atoms. The zero-order chi connectivity index (χ0) is 21.4. The summed E-state index contributed by atoms with van der Waals surface area (Å²) in [5.74, 6) is 0.900. The fraction of sp³-hybridized carbons (Fsp3) is 0.667. The van der Waals surface area contributed by atoms with Crippen molar-refractivity contribution in [1.29, 1.82) is 0 Å². The van der Waals surface area contributed by atoms with Crippen molar-refractivity contribution in [3.8, 4) is 0 Å². The lowest BCUT2D eigenvalue weighted by Crippen LogP contribution is -2.46. The number of nitrogens with one attached hydrogen (secondary N) is 3. The molecule has 162 valence electrons. The van der Waals surface area contributed by atoms with Crippen molar-refractivity contribution >= 4 is 15.9 Å². The molecule has 1 heterocycles. The lowest BCUT2D eigenvalue weighted by Gasteiger charge is -2.39. The van der Waals surface area contributed by atoms with Crippen LogP contribution in [0.15, 0.2) is 29.2 Å². The van der Waals surface area contributed by atoms with E-state index in [1.165, 1.54) is 24.8 Å². The molecule has 3 rings (SSSR count). The number of carbonyl (C=O) groups is 1. The predicted octanol–water partition coefficient (Wildman–Crippen LogP) is 1.86. The van der Waals surface area contributed by atoms with E-state index in [0.717, 1.165) is 18.4 Å². The average molecular weight is 423 g/mol. The summed E-state index contributed by atoms with van der Waals surface area (Å²) in [4.78, 5) is 13.1. The Morgan fingerprint density at radius 1 is 1.14 bits per heavy atom. The van der Waals surface area contributed by atoms with E-state index in [2.05, 4.69) is 36.9 Å². The SMILES string of the molecule is CN(C)S(=O)(=O)c1ccc(CNC(=O)C2NNC3CCC(C(C)(C)C)CC32)cc1. The Balaban J connectivity index is 1.59. The van der Waals surface area contributed by atoms with E-state index in [1.807, 2.05) is 0 Å². The number of hydrogen-bond donors (Lipinski definition) is 3. The van der Waals surface area contributed by atoms with Crippen molar-refractivity contribution in [2.45, 2.75) is 63.6 Å². The first-order chi connectivity index (χ1) is 13.5. The molecule has 7 nitrogen and oxygen atoms in total. The molecule has 2 aliphatic rings. The Morgan fingerprint density at radius 3 is 2.38 bits per heavy atom. The van der Waals surface area contributed by atoms with Gasteiger partial charge < -0.3 is 5.32 Å². The fourth-order valence-corrected chi connectivity index (χ4v) is 5.29. The summed E-state index contributed by atoms with van der Waals surface area (Å²) >= 11 is 0. The number of nitrogens with zero attached hydrogens (tertiary/aromatic N) is 1. The Labute approximate surface area is 174 Å². The molecule has 8 heteroatoms. The van der Waals surface area contributed by atoms with Crippen LogP contribution in [0.5, 0.6) is 0 Å². The summed E-state index contributed by atoms with van der Waals surface area (Å²) < 4.78 is 25.5. The highest BCUT2D eigenvalue weighted by Crippen LogP contribution is 2.42. The highest BCUT2D eigenvalue weighted by Gasteiger charge is 2.45. The van der Waals surface area contributed by atoms with Crippen molar-refractivity contribution in [2.75, 3.05) is 14.1 Å². The number of fused-ring (bicyclic) bond motifs is 1. The molecule has 1 saturated carbocycles. The normalized spacial score (nSPS) is 27.7. The summed E-state index contributed by atoms with van der Waals surface area (Å²) in [5, 5.41) is 3.01. The minimum Gasteiger partial charge on any atom is -0.351 e. The largest absolute Gasteiger partial charge is 0.351 e. The van der Waals surface area contributed by atoms with Gasteiger partial charge in [-0.2, -0.15) is 0 Å². The van der Waals surface area contributed by atoms with Gasteiger partial charge in [0, 0.05) is 32.6 Å². The van der Waals surface area contributed by atoms with Crippen LogP contribution in [-0.2, 0) is 21.4 Å². The standard InChI is InChI=1S/C21H34N4O3S/c1-21(2,3)15-8-11-18-17(12-15)19(24-23-18)20(26)22-13-14-6-9-16(10-7-14)29(27,28)25(4)5/h6-7,9-10,15,17-19,23-24H,8,11-13H2,1-5H3,(H,22,26). The molecule has 0 spiro atoms. The first kappa shape index (κ1) is 22.2. The van der Waals surface area contributed by atoms with Gasteiger partial charge in [-0.25, -0.2) is 18.1 Å². The molecular formula is C21H34N4O3S. The summed E-state index contributed by atoms with van der Waals surface area (Å²) in [6, 6.07) is 6.76. The highest BCUT2D eigenvalue weighted by molar-refractivity contribution is 7.89. The second kappa shape index (κ2) is 8.34. The number of amides is 1. The lowest BCUT2D eigenvalue weighted by molar-refractivity contribution is -0.124. The number of sulfonamides is 1. The van der Waals surface area contributed by atoms with Crippen LogP contribution in [0.4, 0.5) is 0 Å². The quantitative estimate of drug-likeness (QED) is 0.674. The third-order valence-electron chi connectivity index (χ3n) is 6.43. The minimum atomic E-state index is -3.44. The van der Waals surface area contributed by atoms with Crippen molar-refractivity contribution in [2.24, 2.45) is 17.3 Å². The van der Waals surface area contributed by atoms with Gasteiger partial charge in [-0.3, -0.25) is 10.2 Å². The molecule has 1 aromatic carbocycles. The highest BCUT2D eigenvalue weighted by atomic mass is 32.2. The second-order valence-electron chi connectivity index (χ2n) is 9.56. The zero-order valence-corrected chi connectivity index (χ0v) is 18.8. The molecule has 1 aromatic rings.